The van der Waals surface area contributed by atoms with E-state index >= 15 is 0 Å². The van der Waals surface area contributed by atoms with Crippen molar-refractivity contribution in [2.75, 3.05) is 0 Å². The molecular formula is C47H52N2. The number of rotatable bonds is 10. The van der Waals surface area contributed by atoms with E-state index in [4.69, 9.17) is 0 Å². The fourth-order valence-corrected chi connectivity index (χ4v) is 7.84. The average molecular weight is 645 g/mol. The maximum absolute atomic E-state index is 4.17. The molecule has 0 fully saturated rings. The zero-order chi connectivity index (χ0) is 34.3. The van der Waals surface area contributed by atoms with Crippen molar-refractivity contribution in [1.82, 2.24) is 9.13 Å². The van der Waals surface area contributed by atoms with E-state index in [9.17, 15) is 0 Å². The predicted octanol–water partition coefficient (Wildman–Crippen LogP) is 12.2. The minimum Gasteiger partial charge on any atom is -0.310 e. The van der Waals surface area contributed by atoms with Crippen molar-refractivity contribution >= 4 is 24.3 Å². The van der Waals surface area contributed by atoms with Gasteiger partial charge in [0.05, 0.1) is 0 Å². The van der Waals surface area contributed by atoms with Gasteiger partial charge in [-0.3, -0.25) is 0 Å². The van der Waals surface area contributed by atoms with Crippen LogP contribution in [0.4, 0.5) is 0 Å². The van der Waals surface area contributed by atoms with Crippen LogP contribution in [0.5, 0.6) is 0 Å². The van der Waals surface area contributed by atoms with Crippen molar-refractivity contribution in [2.24, 2.45) is 0 Å². The van der Waals surface area contributed by atoms with Crippen LogP contribution >= 0.6 is 0 Å². The molecule has 2 aliphatic rings. The Balaban J connectivity index is 0.00000205. The van der Waals surface area contributed by atoms with Crippen molar-refractivity contribution in [2.45, 2.75) is 86.0 Å². The van der Waals surface area contributed by atoms with E-state index < -0.39 is 0 Å². The summed E-state index contributed by atoms with van der Waals surface area (Å²) in [4.78, 5) is 0. The van der Waals surface area contributed by atoms with Crippen molar-refractivity contribution in [3.05, 3.63) is 165 Å². The van der Waals surface area contributed by atoms with Gasteiger partial charge in [-0.05, 0) is 151 Å². The molecule has 0 saturated heterocycles. The number of hydrogen-bond donors (Lipinski definition) is 0. The summed E-state index contributed by atoms with van der Waals surface area (Å²) in [7, 11) is 0. The first kappa shape index (κ1) is 34.1. The zero-order valence-corrected chi connectivity index (χ0v) is 30.2. The Labute approximate surface area is 294 Å². The first-order chi connectivity index (χ1) is 24.1. The first-order valence-corrected chi connectivity index (χ1v) is 18.5. The molecule has 0 unspecified atom stereocenters. The smallest absolute Gasteiger partial charge is 0.0494 e. The van der Waals surface area contributed by atoms with Crippen LogP contribution < -0.4 is 0 Å². The molecule has 2 nitrogen and oxygen atoms in total. The maximum Gasteiger partial charge on any atom is 0.0494 e. The molecule has 0 atom stereocenters. The first-order valence-electron chi connectivity index (χ1n) is 18.5. The Morgan fingerprint density at radius 2 is 0.980 bits per heavy atom. The minimum atomic E-state index is 0.928. The SMILES string of the molecule is C=Cc1c(CC)c2c(n1-c1ccc(Cc3ccc(Cc4ccc(-n5c6c(c(CC)c5/C=C\C)CCC=C6)cc4)cc3)cc1)C=CCC2.CC. The Morgan fingerprint density at radius 1 is 0.592 bits per heavy atom. The van der Waals surface area contributed by atoms with Crippen molar-refractivity contribution in [3.8, 4) is 11.4 Å². The third-order valence-electron chi connectivity index (χ3n) is 10.1. The average Bonchev–Trinajstić information content (AvgIpc) is 3.65. The quantitative estimate of drug-likeness (QED) is 0.143. The van der Waals surface area contributed by atoms with Crippen LogP contribution in [0, 0.1) is 0 Å². The van der Waals surface area contributed by atoms with Gasteiger partial charge in [0.2, 0.25) is 0 Å². The summed E-state index contributed by atoms with van der Waals surface area (Å²) < 4.78 is 4.86. The lowest BCUT2D eigenvalue weighted by Crippen LogP contribution is -2.02. The van der Waals surface area contributed by atoms with E-state index in [2.05, 4.69) is 146 Å². The second kappa shape index (κ2) is 15.6. The Morgan fingerprint density at radius 3 is 1.37 bits per heavy atom. The molecule has 2 heterocycles. The van der Waals surface area contributed by atoms with E-state index in [1.807, 2.05) is 19.9 Å². The molecule has 49 heavy (non-hydrogen) atoms. The lowest BCUT2D eigenvalue weighted by Gasteiger charge is -2.14. The largest absolute Gasteiger partial charge is 0.310 e. The summed E-state index contributed by atoms with van der Waals surface area (Å²) in [6.07, 6.45) is 24.2. The topological polar surface area (TPSA) is 9.86 Å². The number of hydrogen-bond acceptors (Lipinski definition) is 0. The monoisotopic (exact) mass is 644 g/mol. The highest BCUT2D eigenvalue weighted by Crippen LogP contribution is 2.35. The Hall–Kier alpha value is -4.82. The normalized spacial score (nSPS) is 13.2. The van der Waals surface area contributed by atoms with Gasteiger partial charge in [-0.15, -0.1) is 0 Å². The van der Waals surface area contributed by atoms with Gasteiger partial charge in [0, 0.05) is 34.2 Å². The molecule has 2 aliphatic carbocycles. The molecule has 2 aromatic heterocycles. The summed E-state index contributed by atoms with van der Waals surface area (Å²) in [5.41, 5.74) is 19.0. The van der Waals surface area contributed by atoms with Gasteiger partial charge >= 0.3 is 0 Å². The third-order valence-corrected chi connectivity index (χ3v) is 10.1. The minimum absolute atomic E-state index is 0.928. The number of nitrogens with zero attached hydrogens (tertiary/aromatic N) is 2. The summed E-state index contributed by atoms with van der Waals surface area (Å²) in [5.74, 6) is 0. The molecule has 0 bridgehead atoms. The fourth-order valence-electron chi connectivity index (χ4n) is 7.84. The predicted molar refractivity (Wildman–Crippen MR) is 213 cm³/mol. The van der Waals surface area contributed by atoms with Crippen LogP contribution in [-0.2, 0) is 38.5 Å². The van der Waals surface area contributed by atoms with Gasteiger partial charge in [-0.2, -0.15) is 0 Å². The van der Waals surface area contributed by atoms with Gasteiger partial charge in [-0.25, -0.2) is 0 Å². The van der Waals surface area contributed by atoms with Crippen LogP contribution in [0.25, 0.3) is 35.7 Å². The van der Waals surface area contributed by atoms with E-state index in [1.165, 1.54) is 78.7 Å². The van der Waals surface area contributed by atoms with Gasteiger partial charge in [0.15, 0.2) is 0 Å². The van der Waals surface area contributed by atoms with Crippen LogP contribution in [0.15, 0.2) is 97.6 Å². The van der Waals surface area contributed by atoms with Crippen molar-refractivity contribution in [1.29, 1.82) is 0 Å². The highest BCUT2D eigenvalue weighted by molar-refractivity contribution is 5.69. The molecule has 0 spiro atoms. The van der Waals surface area contributed by atoms with Crippen LogP contribution in [0.1, 0.15) is 115 Å². The molecule has 2 heteroatoms. The van der Waals surface area contributed by atoms with E-state index in [0.717, 1.165) is 51.4 Å². The molecule has 5 aromatic rings. The molecule has 0 aliphatic heterocycles. The summed E-state index contributed by atoms with van der Waals surface area (Å²) in [6, 6.07) is 27.5. The molecule has 250 valence electrons. The summed E-state index contributed by atoms with van der Waals surface area (Å²) in [6.45, 7) is 14.8. The molecule has 0 amide bonds. The lowest BCUT2D eigenvalue weighted by molar-refractivity contribution is 0.945. The van der Waals surface area contributed by atoms with Gasteiger partial charge in [0.1, 0.15) is 0 Å². The molecule has 0 saturated carbocycles. The lowest BCUT2D eigenvalue weighted by atomic mass is 9.98. The van der Waals surface area contributed by atoms with E-state index in [1.54, 1.807) is 0 Å². The second-order valence-electron chi connectivity index (χ2n) is 12.9. The number of fused-ring (bicyclic) bond motifs is 2. The van der Waals surface area contributed by atoms with E-state index in [0.29, 0.717) is 0 Å². The molecule has 0 N–H and O–H groups in total. The number of allylic oxidation sites excluding steroid dienone is 3. The van der Waals surface area contributed by atoms with E-state index in [-0.39, 0.29) is 0 Å². The summed E-state index contributed by atoms with van der Waals surface area (Å²) in [5, 5.41) is 0. The zero-order valence-electron chi connectivity index (χ0n) is 30.2. The van der Waals surface area contributed by atoms with Gasteiger partial charge in [0.25, 0.3) is 0 Å². The second-order valence-corrected chi connectivity index (χ2v) is 12.9. The maximum atomic E-state index is 4.17. The number of benzene rings is 3. The highest BCUT2D eigenvalue weighted by atomic mass is 15.0. The van der Waals surface area contributed by atoms with Crippen LogP contribution in [0.2, 0.25) is 0 Å². The summed E-state index contributed by atoms with van der Waals surface area (Å²) >= 11 is 0. The molecular weight excluding hydrogens is 593 g/mol. The Kier molecular flexibility index (Phi) is 10.8. The van der Waals surface area contributed by atoms with Crippen LogP contribution in [0.3, 0.4) is 0 Å². The van der Waals surface area contributed by atoms with Crippen LogP contribution in [-0.4, -0.2) is 9.13 Å². The molecule has 7 rings (SSSR count). The highest BCUT2D eigenvalue weighted by Gasteiger charge is 2.22. The fraction of sp³-hybridized carbons (Fsp3) is 0.277. The van der Waals surface area contributed by atoms with Gasteiger partial charge in [-0.1, -0.05) is 101 Å². The molecule has 0 radical (unpaired) electrons. The third kappa shape index (κ3) is 6.75. The van der Waals surface area contributed by atoms with Crippen molar-refractivity contribution < 1.29 is 0 Å². The van der Waals surface area contributed by atoms with Crippen molar-refractivity contribution in [3.63, 3.8) is 0 Å². The number of aromatic nitrogens is 2. The standard InChI is InChI=1S/C45H46N2.C2H6/c1-5-13-43-39(7-3)41-15-10-12-17-45(41)47(43)37-28-24-35(25-29-37)31-33-20-18-32(19-21-33)30-34-22-26-36(27-23-34)46-42(8-4)38(6-2)40-14-9-11-16-44(40)46;1-2/h5,8,11-13,16-29H,4,6-7,9-10,14-15,30-31H2,1-3H3;1-2H3/b13-5-;. The molecule has 3 aromatic carbocycles. The van der Waals surface area contributed by atoms with Gasteiger partial charge < -0.3 is 9.13 Å². The Bertz CT molecular complexity index is 1980.